The van der Waals surface area contributed by atoms with E-state index in [0.29, 0.717) is 19.8 Å². The molecule has 1 aromatic rings. The van der Waals surface area contributed by atoms with Crippen molar-refractivity contribution in [1.29, 1.82) is 0 Å². The van der Waals surface area contributed by atoms with Gasteiger partial charge in [0.25, 0.3) is 0 Å². The Bertz CT molecular complexity index is 417. The van der Waals surface area contributed by atoms with Gasteiger partial charge in [-0.25, -0.2) is 0 Å². The molecule has 0 aromatic carbocycles. The molecule has 2 rings (SSSR count). The van der Waals surface area contributed by atoms with Crippen LogP contribution < -0.4 is 4.90 Å². The molecular weight excluding hydrogens is 306 g/mol. The van der Waals surface area contributed by atoms with E-state index >= 15 is 0 Å². The quantitative estimate of drug-likeness (QED) is 0.797. The Balaban J connectivity index is 2.06. The van der Waals surface area contributed by atoms with Crippen molar-refractivity contribution in [1.82, 2.24) is 0 Å². The van der Waals surface area contributed by atoms with Crippen LogP contribution in [0.5, 0.6) is 0 Å². The van der Waals surface area contributed by atoms with Crippen LogP contribution in [0.3, 0.4) is 0 Å². The molecule has 1 saturated heterocycles. The highest BCUT2D eigenvalue weighted by atomic mass is 79.9. The zero-order chi connectivity index (χ0) is 12.5. The third-order valence-electron chi connectivity index (χ3n) is 2.85. The van der Waals surface area contributed by atoms with E-state index in [1.165, 1.54) is 7.11 Å². The minimum atomic E-state index is -0.500. The van der Waals surface area contributed by atoms with Crippen LogP contribution in [0.2, 0.25) is 0 Å². The summed E-state index contributed by atoms with van der Waals surface area (Å²) in [5.41, 5.74) is -0.500. The molecule has 6 heteroatoms. The molecule has 1 aliphatic heterocycles. The summed E-state index contributed by atoms with van der Waals surface area (Å²) >= 11 is 5.07. The number of halogens is 1. The van der Waals surface area contributed by atoms with E-state index in [9.17, 15) is 4.79 Å². The molecule has 17 heavy (non-hydrogen) atoms. The number of hydrogen-bond acceptors (Lipinski definition) is 5. The third kappa shape index (κ3) is 2.48. The molecule has 0 spiro atoms. The maximum Gasteiger partial charge on any atom is 0.318 e. The Morgan fingerprint density at radius 3 is 2.76 bits per heavy atom. The van der Waals surface area contributed by atoms with Gasteiger partial charge in [-0.05, 0) is 28.1 Å². The van der Waals surface area contributed by atoms with Crippen LogP contribution >= 0.6 is 27.3 Å². The fourth-order valence-corrected chi connectivity index (χ4v) is 3.20. The van der Waals surface area contributed by atoms with Gasteiger partial charge < -0.3 is 14.4 Å². The topological polar surface area (TPSA) is 38.8 Å². The highest BCUT2D eigenvalue weighted by molar-refractivity contribution is 9.11. The minimum absolute atomic E-state index is 0.189. The molecule has 4 nitrogen and oxygen atoms in total. The lowest BCUT2D eigenvalue weighted by Gasteiger charge is -2.41. The number of esters is 1. The number of carbonyl (C=O) groups excluding carboxylic acids is 1. The van der Waals surface area contributed by atoms with Gasteiger partial charge in [-0.15, -0.1) is 11.3 Å². The number of nitrogens with zero attached hydrogens (tertiary/aromatic N) is 1. The molecule has 0 radical (unpaired) electrons. The van der Waals surface area contributed by atoms with Crippen molar-refractivity contribution in [2.24, 2.45) is 5.41 Å². The van der Waals surface area contributed by atoms with Crippen molar-refractivity contribution in [3.8, 4) is 0 Å². The van der Waals surface area contributed by atoms with Crippen LogP contribution in [0.4, 0.5) is 5.00 Å². The lowest BCUT2D eigenvalue weighted by atomic mass is 9.85. The lowest BCUT2D eigenvalue weighted by Crippen LogP contribution is -2.55. The highest BCUT2D eigenvalue weighted by Gasteiger charge is 2.48. The first kappa shape index (κ1) is 12.9. The lowest BCUT2D eigenvalue weighted by molar-refractivity contribution is -0.180. The van der Waals surface area contributed by atoms with Crippen molar-refractivity contribution in [3.05, 3.63) is 15.9 Å². The number of thiophene rings is 1. The zero-order valence-electron chi connectivity index (χ0n) is 9.73. The number of rotatable bonds is 4. The average molecular weight is 320 g/mol. The van der Waals surface area contributed by atoms with Crippen LogP contribution in [0.1, 0.15) is 0 Å². The summed E-state index contributed by atoms with van der Waals surface area (Å²) in [6.07, 6.45) is 0. The van der Waals surface area contributed by atoms with Gasteiger partial charge in [0, 0.05) is 13.6 Å². The van der Waals surface area contributed by atoms with Gasteiger partial charge in [-0.2, -0.15) is 0 Å². The van der Waals surface area contributed by atoms with Crippen LogP contribution in [0, 0.1) is 5.41 Å². The van der Waals surface area contributed by atoms with E-state index in [0.717, 1.165) is 8.79 Å². The van der Waals surface area contributed by atoms with Crippen molar-refractivity contribution in [3.63, 3.8) is 0 Å². The molecule has 94 valence electrons. The second kappa shape index (κ2) is 4.96. The Labute approximate surface area is 113 Å². The molecule has 0 amide bonds. The summed E-state index contributed by atoms with van der Waals surface area (Å²) in [5, 5.41) is 1.12. The molecule has 0 aliphatic carbocycles. The maximum absolute atomic E-state index is 11.8. The van der Waals surface area contributed by atoms with E-state index in [-0.39, 0.29) is 5.97 Å². The Kier molecular flexibility index (Phi) is 3.75. The van der Waals surface area contributed by atoms with Crippen molar-refractivity contribution in [2.75, 3.05) is 38.8 Å². The monoisotopic (exact) mass is 319 g/mol. The molecule has 1 aliphatic rings. The average Bonchev–Trinajstić information content (AvgIpc) is 2.69. The first-order valence-corrected chi connectivity index (χ1v) is 6.81. The molecule has 0 saturated carbocycles. The fourth-order valence-electron chi connectivity index (χ4n) is 1.88. The summed E-state index contributed by atoms with van der Waals surface area (Å²) in [6.45, 7) is 1.50. The third-order valence-corrected chi connectivity index (χ3v) is 4.59. The van der Waals surface area contributed by atoms with Gasteiger partial charge in [0.15, 0.2) is 0 Å². The predicted molar refractivity (Wildman–Crippen MR) is 70.6 cm³/mol. The smallest absolute Gasteiger partial charge is 0.318 e. The van der Waals surface area contributed by atoms with Gasteiger partial charge in [0.05, 0.1) is 29.1 Å². The van der Waals surface area contributed by atoms with Crippen molar-refractivity contribution in [2.45, 2.75) is 0 Å². The van der Waals surface area contributed by atoms with E-state index < -0.39 is 5.41 Å². The van der Waals surface area contributed by atoms with Crippen LogP contribution in [-0.2, 0) is 14.3 Å². The second-order valence-corrected chi connectivity index (χ2v) is 6.64. The SMILES string of the molecule is COC(=O)C1(CN(C)c2ccc(Br)s2)COC1. The highest BCUT2D eigenvalue weighted by Crippen LogP contribution is 2.34. The number of hydrogen-bond donors (Lipinski definition) is 0. The summed E-state index contributed by atoms with van der Waals surface area (Å²) < 4.78 is 11.1. The number of methoxy groups -OCH3 is 1. The van der Waals surface area contributed by atoms with Crippen molar-refractivity contribution < 1.29 is 14.3 Å². The normalized spacial score (nSPS) is 17.4. The van der Waals surface area contributed by atoms with Gasteiger partial charge in [-0.1, -0.05) is 0 Å². The summed E-state index contributed by atoms with van der Waals surface area (Å²) in [6, 6.07) is 4.03. The van der Waals surface area contributed by atoms with Crippen molar-refractivity contribution >= 4 is 38.2 Å². The second-order valence-electron chi connectivity index (χ2n) is 4.20. The maximum atomic E-state index is 11.8. The van der Waals surface area contributed by atoms with E-state index in [1.54, 1.807) is 11.3 Å². The van der Waals surface area contributed by atoms with Gasteiger partial charge in [0.1, 0.15) is 5.41 Å². The van der Waals surface area contributed by atoms with E-state index in [1.807, 2.05) is 19.2 Å². The standard InChI is InChI=1S/C11H14BrNO3S/c1-13(9-4-3-8(12)17-9)5-11(6-16-7-11)10(14)15-2/h3-4H,5-7H2,1-2H3. The summed E-state index contributed by atoms with van der Waals surface area (Å²) in [5.74, 6) is -0.189. The first-order chi connectivity index (χ1) is 8.07. The van der Waals surface area contributed by atoms with Crippen LogP contribution in [0.25, 0.3) is 0 Å². The summed E-state index contributed by atoms with van der Waals surface area (Å²) in [4.78, 5) is 13.8. The minimum Gasteiger partial charge on any atom is -0.468 e. The number of anilines is 1. The van der Waals surface area contributed by atoms with Gasteiger partial charge >= 0.3 is 5.97 Å². The fraction of sp³-hybridized carbons (Fsp3) is 0.545. The van der Waals surface area contributed by atoms with Crippen LogP contribution in [0.15, 0.2) is 15.9 Å². The molecule has 0 bridgehead atoms. The number of ether oxygens (including phenoxy) is 2. The Morgan fingerprint density at radius 2 is 2.35 bits per heavy atom. The van der Waals surface area contributed by atoms with E-state index in [4.69, 9.17) is 9.47 Å². The predicted octanol–water partition coefficient (Wildman–Crippen LogP) is 2.14. The largest absolute Gasteiger partial charge is 0.468 e. The first-order valence-electron chi connectivity index (χ1n) is 5.20. The molecule has 0 N–H and O–H groups in total. The molecule has 2 heterocycles. The molecule has 0 atom stereocenters. The van der Waals surface area contributed by atoms with Gasteiger partial charge in [0.2, 0.25) is 0 Å². The van der Waals surface area contributed by atoms with E-state index in [2.05, 4.69) is 20.8 Å². The van der Waals surface area contributed by atoms with Gasteiger partial charge in [-0.3, -0.25) is 4.79 Å². The molecular formula is C11H14BrNO3S. The molecule has 1 fully saturated rings. The Morgan fingerprint density at radius 1 is 1.65 bits per heavy atom. The molecule has 0 unspecified atom stereocenters. The Hall–Kier alpha value is -0.590. The molecule has 1 aromatic heterocycles. The van der Waals surface area contributed by atoms with Crippen LogP contribution in [-0.4, -0.2) is 39.9 Å². The summed E-state index contributed by atoms with van der Waals surface area (Å²) in [7, 11) is 3.39. The zero-order valence-corrected chi connectivity index (χ0v) is 12.1. The number of carbonyl (C=O) groups is 1.